The predicted octanol–water partition coefficient (Wildman–Crippen LogP) is 6.36. The third-order valence-electron chi connectivity index (χ3n) is 5.86. The maximum absolute atomic E-state index is 13.3. The van der Waals surface area contributed by atoms with Crippen LogP contribution in [0.1, 0.15) is 23.1 Å². The number of aromatic nitrogens is 1. The van der Waals surface area contributed by atoms with E-state index in [4.69, 9.17) is 21.1 Å². The highest BCUT2D eigenvalue weighted by molar-refractivity contribution is 6.31. The van der Waals surface area contributed by atoms with E-state index in [2.05, 4.69) is 39.9 Å². The van der Waals surface area contributed by atoms with Gasteiger partial charge in [0.25, 0.3) is 0 Å². The van der Waals surface area contributed by atoms with E-state index in [0.29, 0.717) is 11.4 Å². The molecule has 35 heavy (non-hydrogen) atoms. The molecule has 0 saturated heterocycles. The van der Waals surface area contributed by atoms with E-state index in [1.165, 1.54) is 12.1 Å². The molecule has 0 atom stereocenters. The number of benzene rings is 3. The van der Waals surface area contributed by atoms with E-state index < -0.39 is 0 Å². The minimum absolute atomic E-state index is 0. The highest BCUT2D eigenvalue weighted by atomic mass is 35.5. The van der Waals surface area contributed by atoms with Gasteiger partial charge in [-0.1, -0.05) is 41.9 Å². The quantitative estimate of drug-likeness (QED) is 0.255. The summed E-state index contributed by atoms with van der Waals surface area (Å²) in [5.74, 6) is 1.33. The van der Waals surface area contributed by atoms with Gasteiger partial charge in [-0.25, -0.2) is 4.39 Å². The fourth-order valence-electron chi connectivity index (χ4n) is 4.13. The van der Waals surface area contributed by atoms with Gasteiger partial charge in [-0.15, -0.1) is 12.4 Å². The number of pyridine rings is 1. The first-order chi connectivity index (χ1) is 16.7. The van der Waals surface area contributed by atoms with Gasteiger partial charge in [-0.3, -0.25) is 4.98 Å². The highest BCUT2D eigenvalue weighted by Gasteiger charge is 2.16. The molecule has 5 nitrogen and oxygen atoms in total. The Morgan fingerprint density at radius 2 is 1.89 bits per heavy atom. The zero-order valence-electron chi connectivity index (χ0n) is 19.0. The van der Waals surface area contributed by atoms with Crippen LogP contribution in [0, 0.1) is 5.82 Å². The lowest BCUT2D eigenvalue weighted by Crippen LogP contribution is -2.18. The third kappa shape index (κ3) is 5.96. The van der Waals surface area contributed by atoms with E-state index in [1.807, 2.05) is 24.4 Å². The first-order valence-corrected chi connectivity index (χ1v) is 11.7. The lowest BCUT2D eigenvalue weighted by Gasteiger charge is -2.12. The van der Waals surface area contributed by atoms with Crippen molar-refractivity contribution in [1.82, 2.24) is 10.3 Å². The predicted molar refractivity (Wildman–Crippen MR) is 141 cm³/mol. The SMILES string of the molecule is Cl.Fc1ccc(Cc2ccc3c(NCCCNCc4cccc5c4OCO5)ccnc3c2)c(Cl)c1. The molecule has 0 saturated carbocycles. The number of hydrogen-bond donors (Lipinski definition) is 2. The summed E-state index contributed by atoms with van der Waals surface area (Å²) in [5, 5.41) is 8.51. The van der Waals surface area contributed by atoms with Crippen molar-refractivity contribution in [2.75, 3.05) is 25.2 Å². The van der Waals surface area contributed by atoms with Gasteiger partial charge in [0.15, 0.2) is 11.5 Å². The summed E-state index contributed by atoms with van der Waals surface area (Å²) in [6, 6.07) is 18.7. The first-order valence-electron chi connectivity index (χ1n) is 11.3. The molecule has 0 spiro atoms. The second-order valence-electron chi connectivity index (χ2n) is 8.23. The Balaban J connectivity index is 0.00000289. The van der Waals surface area contributed by atoms with Crippen molar-refractivity contribution in [1.29, 1.82) is 0 Å². The van der Waals surface area contributed by atoms with E-state index in [0.717, 1.165) is 70.8 Å². The zero-order valence-corrected chi connectivity index (χ0v) is 20.6. The van der Waals surface area contributed by atoms with Crippen molar-refractivity contribution in [2.45, 2.75) is 19.4 Å². The molecular formula is C27H26Cl2FN3O2. The zero-order chi connectivity index (χ0) is 23.3. The Hall–Kier alpha value is -3.06. The summed E-state index contributed by atoms with van der Waals surface area (Å²) in [4.78, 5) is 4.53. The normalized spacial score (nSPS) is 11.9. The van der Waals surface area contributed by atoms with E-state index in [-0.39, 0.29) is 25.0 Å². The van der Waals surface area contributed by atoms with Crippen LogP contribution in [0.3, 0.4) is 0 Å². The molecule has 0 aliphatic carbocycles. The van der Waals surface area contributed by atoms with E-state index in [1.54, 1.807) is 6.07 Å². The highest BCUT2D eigenvalue weighted by Crippen LogP contribution is 2.35. The van der Waals surface area contributed by atoms with Crippen molar-refractivity contribution in [3.63, 3.8) is 0 Å². The van der Waals surface area contributed by atoms with Crippen molar-refractivity contribution in [3.05, 3.63) is 94.4 Å². The fraction of sp³-hybridized carbons (Fsp3) is 0.222. The molecule has 3 aromatic carbocycles. The van der Waals surface area contributed by atoms with Gasteiger partial charge in [-0.05, 0) is 60.8 Å². The molecule has 182 valence electrons. The van der Waals surface area contributed by atoms with Gasteiger partial charge >= 0.3 is 0 Å². The standard InChI is InChI=1S/C27H25ClFN3O2.ClH/c28-23-15-21(29)7-6-19(23)13-18-5-8-22-24(9-12-32-25(22)14-18)31-11-2-10-30-16-20-3-1-4-26-27(20)34-17-33-26;/h1,3-9,12,14-15,30H,2,10-11,13,16-17H2,(H,31,32);1H. The molecule has 5 rings (SSSR count). The van der Waals surface area contributed by atoms with E-state index >= 15 is 0 Å². The van der Waals surface area contributed by atoms with E-state index in [9.17, 15) is 4.39 Å². The minimum atomic E-state index is -0.327. The van der Waals surface area contributed by atoms with Crippen LogP contribution >= 0.6 is 24.0 Å². The summed E-state index contributed by atoms with van der Waals surface area (Å²) in [6.07, 6.45) is 3.41. The molecule has 1 aliphatic heterocycles. The lowest BCUT2D eigenvalue weighted by molar-refractivity contribution is 0.173. The number of fused-ring (bicyclic) bond motifs is 2. The maximum Gasteiger partial charge on any atom is 0.231 e. The van der Waals surface area contributed by atoms with Crippen LogP contribution in [0.25, 0.3) is 10.9 Å². The minimum Gasteiger partial charge on any atom is -0.454 e. The number of anilines is 1. The Morgan fingerprint density at radius 3 is 2.77 bits per heavy atom. The molecule has 1 aliphatic rings. The van der Waals surface area contributed by atoms with Crippen LogP contribution in [0.2, 0.25) is 5.02 Å². The van der Waals surface area contributed by atoms with Crippen LogP contribution in [-0.4, -0.2) is 24.9 Å². The van der Waals surface area contributed by atoms with Crippen molar-refractivity contribution < 1.29 is 13.9 Å². The topological polar surface area (TPSA) is 55.4 Å². The van der Waals surface area contributed by atoms with Gasteiger partial charge in [0, 0.05) is 40.9 Å². The summed E-state index contributed by atoms with van der Waals surface area (Å²) >= 11 is 6.19. The Labute approximate surface area is 215 Å². The molecule has 1 aromatic heterocycles. The monoisotopic (exact) mass is 513 g/mol. The number of nitrogens with zero attached hydrogens (tertiary/aromatic N) is 1. The first kappa shape index (κ1) is 25.0. The average Bonchev–Trinajstić information content (AvgIpc) is 3.33. The molecule has 0 bridgehead atoms. The van der Waals surface area contributed by atoms with Gasteiger partial charge in [0.2, 0.25) is 6.79 Å². The largest absolute Gasteiger partial charge is 0.454 e. The summed E-state index contributed by atoms with van der Waals surface area (Å²) in [5.41, 5.74) is 5.06. The third-order valence-corrected chi connectivity index (χ3v) is 6.21. The van der Waals surface area contributed by atoms with Crippen molar-refractivity contribution in [3.8, 4) is 11.5 Å². The van der Waals surface area contributed by atoms with Crippen LogP contribution in [0.4, 0.5) is 10.1 Å². The second kappa shape index (κ2) is 11.6. The average molecular weight is 514 g/mol. The van der Waals surface area contributed by atoms with Gasteiger partial charge in [0.05, 0.1) is 5.52 Å². The molecular weight excluding hydrogens is 488 g/mol. The number of halogens is 3. The smallest absolute Gasteiger partial charge is 0.231 e. The number of para-hydroxylation sites is 1. The van der Waals surface area contributed by atoms with Crippen LogP contribution in [0.15, 0.2) is 66.9 Å². The Morgan fingerprint density at radius 1 is 0.971 bits per heavy atom. The fourth-order valence-corrected chi connectivity index (χ4v) is 4.37. The summed E-state index contributed by atoms with van der Waals surface area (Å²) in [6.45, 7) is 2.75. The molecule has 0 radical (unpaired) electrons. The number of hydrogen-bond acceptors (Lipinski definition) is 5. The summed E-state index contributed by atoms with van der Waals surface area (Å²) in [7, 11) is 0. The molecule has 0 unspecified atom stereocenters. The van der Waals surface area contributed by atoms with Gasteiger partial charge < -0.3 is 20.1 Å². The van der Waals surface area contributed by atoms with Crippen molar-refractivity contribution >= 4 is 40.6 Å². The van der Waals surface area contributed by atoms with Gasteiger partial charge in [0.1, 0.15) is 5.82 Å². The number of ether oxygens (including phenoxy) is 2. The molecule has 4 aromatic rings. The maximum atomic E-state index is 13.3. The van der Waals surface area contributed by atoms with Crippen LogP contribution < -0.4 is 20.1 Å². The number of nitrogens with one attached hydrogen (secondary N) is 2. The Kier molecular flexibility index (Phi) is 8.29. The van der Waals surface area contributed by atoms with Crippen LogP contribution in [-0.2, 0) is 13.0 Å². The molecule has 8 heteroatoms. The molecule has 2 N–H and O–H groups in total. The van der Waals surface area contributed by atoms with Crippen LogP contribution in [0.5, 0.6) is 11.5 Å². The molecule has 2 heterocycles. The number of rotatable bonds is 9. The van der Waals surface area contributed by atoms with Crippen molar-refractivity contribution in [2.24, 2.45) is 0 Å². The Bertz CT molecular complexity index is 1320. The lowest BCUT2D eigenvalue weighted by atomic mass is 10.0. The molecule has 0 fully saturated rings. The molecule has 0 amide bonds. The second-order valence-corrected chi connectivity index (χ2v) is 8.64. The summed E-state index contributed by atoms with van der Waals surface area (Å²) < 4.78 is 24.3. The van der Waals surface area contributed by atoms with Gasteiger partial charge in [-0.2, -0.15) is 0 Å².